The molecule has 1 amide bonds. The number of benzene rings is 3. The van der Waals surface area contributed by atoms with Gasteiger partial charge in [-0.05, 0) is 55.5 Å². The molecular weight excluding hydrogens is 525 g/mol. The van der Waals surface area contributed by atoms with Crippen molar-refractivity contribution >= 4 is 66.4 Å². The standard InChI is InChI=1S/C25H19Cl2N3O3S2/c1-3-16-29-23-21(15-14-20(26)22(23)27)34-25(29)28-24(31)17-10-12-19(13-11-17)35(32,33)30(4-2)18-8-6-5-7-9-18/h1,5-15H,4,16H2,2H3. The van der Waals surface area contributed by atoms with E-state index in [4.69, 9.17) is 29.6 Å². The second-order valence-electron chi connectivity index (χ2n) is 7.33. The van der Waals surface area contributed by atoms with E-state index >= 15 is 0 Å². The molecule has 10 heteroatoms. The largest absolute Gasteiger partial charge is 0.303 e. The lowest BCUT2D eigenvalue weighted by atomic mass is 10.2. The number of para-hydroxylation sites is 1. The van der Waals surface area contributed by atoms with E-state index in [0.29, 0.717) is 26.1 Å². The Kier molecular flexibility index (Phi) is 7.33. The average molecular weight is 544 g/mol. The number of hydrogen-bond acceptors (Lipinski definition) is 4. The molecule has 0 spiro atoms. The molecular formula is C25H19Cl2N3O3S2. The van der Waals surface area contributed by atoms with Crippen LogP contribution in [0.4, 0.5) is 5.69 Å². The molecule has 0 saturated carbocycles. The zero-order chi connectivity index (χ0) is 25.2. The van der Waals surface area contributed by atoms with Crippen LogP contribution in [-0.4, -0.2) is 25.4 Å². The molecule has 0 unspecified atom stereocenters. The summed E-state index contributed by atoms with van der Waals surface area (Å²) in [5.74, 6) is 2.00. The molecule has 3 aromatic carbocycles. The Balaban J connectivity index is 1.70. The van der Waals surface area contributed by atoms with Crippen LogP contribution in [-0.2, 0) is 16.6 Å². The molecule has 1 aromatic heterocycles. The summed E-state index contributed by atoms with van der Waals surface area (Å²) in [5, 5.41) is 0.701. The van der Waals surface area contributed by atoms with Gasteiger partial charge in [0, 0.05) is 12.1 Å². The van der Waals surface area contributed by atoms with Gasteiger partial charge in [-0.25, -0.2) is 8.42 Å². The molecule has 0 aliphatic rings. The molecule has 0 bridgehead atoms. The van der Waals surface area contributed by atoms with Gasteiger partial charge in [0.2, 0.25) is 0 Å². The van der Waals surface area contributed by atoms with E-state index in [1.807, 2.05) is 6.07 Å². The first-order valence-corrected chi connectivity index (χ1v) is 13.5. The summed E-state index contributed by atoms with van der Waals surface area (Å²) in [5.41, 5.74) is 1.41. The topological polar surface area (TPSA) is 71.7 Å². The van der Waals surface area contributed by atoms with Crippen molar-refractivity contribution < 1.29 is 13.2 Å². The second kappa shape index (κ2) is 10.3. The van der Waals surface area contributed by atoms with Crippen LogP contribution in [0.1, 0.15) is 17.3 Å². The Hall–Kier alpha value is -3.09. The summed E-state index contributed by atoms with van der Waals surface area (Å²) >= 11 is 13.8. The number of sulfonamides is 1. The Labute approximate surface area is 217 Å². The van der Waals surface area contributed by atoms with Crippen LogP contribution in [0.25, 0.3) is 10.2 Å². The van der Waals surface area contributed by atoms with Gasteiger partial charge in [0.25, 0.3) is 15.9 Å². The second-order valence-corrected chi connectivity index (χ2v) is 11.0. The molecule has 35 heavy (non-hydrogen) atoms. The molecule has 0 aliphatic carbocycles. The van der Waals surface area contributed by atoms with E-state index in [2.05, 4.69) is 10.9 Å². The van der Waals surface area contributed by atoms with Gasteiger partial charge in [0.05, 0.1) is 37.4 Å². The van der Waals surface area contributed by atoms with Crippen molar-refractivity contribution in [3.8, 4) is 12.3 Å². The van der Waals surface area contributed by atoms with Gasteiger partial charge in [0.1, 0.15) is 0 Å². The first-order valence-electron chi connectivity index (χ1n) is 10.5. The van der Waals surface area contributed by atoms with Crippen molar-refractivity contribution in [2.75, 3.05) is 10.8 Å². The van der Waals surface area contributed by atoms with E-state index < -0.39 is 15.9 Å². The summed E-state index contributed by atoms with van der Waals surface area (Å²) in [6.45, 7) is 2.17. The Morgan fingerprint density at radius 2 is 1.77 bits per heavy atom. The van der Waals surface area contributed by atoms with E-state index in [1.165, 1.54) is 39.9 Å². The van der Waals surface area contributed by atoms with Crippen molar-refractivity contribution in [3.63, 3.8) is 0 Å². The smallest absolute Gasteiger partial charge is 0.279 e. The molecule has 0 radical (unpaired) electrons. The Morgan fingerprint density at radius 3 is 2.40 bits per heavy atom. The Morgan fingerprint density at radius 1 is 1.09 bits per heavy atom. The van der Waals surface area contributed by atoms with Gasteiger partial charge in [0.15, 0.2) is 4.80 Å². The molecule has 0 fully saturated rings. The van der Waals surface area contributed by atoms with Crippen molar-refractivity contribution in [1.29, 1.82) is 0 Å². The highest BCUT2D eigenvalue weighted by atomic mass is 35.5. The third kappa shape index (κ3) is 4.86. The lowest BCUT2D eigenvalue weighted by molar-refractivity contribution is 0.0998. The maximum atomic E-state index is 13.2. The first kappa shape index (κ1) is 25.0. The quantitative estimate of drug-likeness (QED) is 0.297. The number of carbonyl (C=O) groups is 1. The van der Waals surface area contributed by atoms with E-state index in [9.17, 15) is 13.2 Å². The Bertz CT molecular complexity index is 1620. The molecule has 0 atom stereocenters. The molecule has 6 nitrogen and oxygen atoms in total. The fourth-order valence-electron chi connectivity index (χ4n) is 3.56. The van der Waals surface area contributed by atoms with Crippen molar-refractivity contribution in [2.45, 2.75) is 18.4 Å². The zero-order valence-electron chi connectivity index (χ0n) is 18.5. The summed E-state index contributed by atoms with van der Waals surface area (Å²) < 4.78 is 30.1. The minimum absolute atomic E-state index is 0.0745. The third-order valence-electron chi connectivity index (χ3n) is 5.20. The molecule has 0 saturated heterocycles. The van der Waals surface area contributed by atoms with Crippen LogP contribution < -0.4 is 9.11 Å². The third-order valence-corrected chi connectivity index (χ3v) is 8.96. The van der Waals surface area contributed by atoms with E-state index in [-0.39, 0.29) is 23.5 Å². The molecule has 178 valence electrons. The number of nitrogens with zero attached hydrogens (tertiary/aromatic N) is 3. The van der Waals surface area contributed by atoms with Gasteiger partial charge in [-0.2, -0.15) is 4.99 Å². The number of thiazole rings is 1. The number of terminal acetylenes is 1. The monoisotopic (exact) mass is 543 g/mol. The van der Waals surface area contributed by atoms with Gasteiger partial charge in [-0.1, -0.05) is 58.7 Å². The van der Waals surface area contributed by atoms with E-state index in [0.717, 1.165) is 4.70 Å². The van der Waals surface area contributed by atoms with Crippen LogP contribution in [0.5, 0.6) is 0 Å². The van der Waals surface area contributed by atoms with E-state index in [1.54, 1.807) is 47.9 Å². The fourth-order valence-corrected chi connectivity index (χ4v) is 6.55. The predicted octanol–water partition coefficient (Wildman–Crippen LogP) is 5.60. The number of aromatic nitrogens is 1. The average Bonchev–Trinajstić information content (AvgIpc) is 3.20. The van der Waals surface area contributed by atoms with Crippen LogP contribution in [0.3, 0.4) is 0 Å². The van der Waals surface area contributed by atoms with Crippen molar-refractivity contribution in [2.24, 2.45) is 4.99 Å². The zero-order valence-corrected chi connectivity index (χ0v) is 21.6. The first-order chi connectivity index (χ1) is 16.8. The number of fused-ring (bicyclic) bond motifs is 1. The number of amides is 1. The van der Waals surface area contributed by atoms with Gasteiger partial charge in [-0.3, -0.25) is 9.10 Å². The highest BCUT2D eigenvalue weighted by Gasteiger charge is 2.23. The highest BCUT2D eigenvalue weighted by molar-refractivity contribution is 7.92. The molecule has 4 aromatic rings. The minimum atomic E-state index is -3.81. The number of halogens is 2. The minimum Gasteiger partial charge on any atom is -0.303 e. The van der Waals surface area contributed by atoms with Crippen LogP contribution in [0, 0.1) is 12.3 Å². The SMILES string of the molecule is C#CCn1c(=NC(=O)c2ccc(S(=O)(=O)N(CC)c3ccccc3)cc2)sc2ccc(Cl)c(Cl)c21. The number of carbonyl (C=O) groups excluding carboxylic acids is 1. The van der Waals surface area contributed by atoms with Gasteiger partial charge in [-0.15, -0.1) is 6.42 Å². The fraction of sp³-hybridized carbons (Fsp3) is 0.120. The van der Waals surface area contributed by atoms with Gasteiger partial charge < -0.3 is 4.57 Å². The maximum absolute atomic E-state index is 13.2. The number of hydrogen-bond donors (Lipinski definition) is 0. The summed E-state index contributed by atoms with van der Waals surface area (Å²) in [4.78, 5) is 17.6. The van der Waals surface area contributed by atoms with Crippen LogP contribution in [0.15, 0.2) is 76.6 Å². The summed E-state index contributed by atoms with van der Waals surface area (Å²) in [6.07, 6.45) is 5.52. The lowest BCUT2D eigenvalue weighted by Crippen LogP contribution is -2.30. The van der Waals surface area contributed by atoms with Crippen molar-refractivity contribution in [1.82, 2.24) is 4.57 Å². The molecule has 1 heterocycles. The number of anilines is 1. The lowest BCUT2D eigenvalue weighted by Gasteiger charge is -2.22. The molecule has 4 rings (SSSR count). The highest BCUT2D eigenvalue weighted by Crippen LogP contribution is 2.32. The normalized spacial score (nSPS) is 12.0. The number of rotatable bonds is 6. The predicted molar refractivity (Wildman–Crippen MR) is 142 cm³/mol. The van der Waals surface area contributed by atoms with Crippen LogP contribution in [0.2, 0.25) is 10.0 Å². The van der Waals surface area contributed by atoms with Crippen LogP contribution >= 0.6 is 34.5 Å². The van der Waals surface area contributed by atoms with Crippen molar-refractivity contribution in [3.05, 3.63) is 87.1 Å². The van der Waals surface area contributed by atoms with Gasteiger partial charge >= 0.3 is 0 Å². The summed E-state index contributed by atoms with van der Waals surface area (Å²) in [6, 6.07) is 18.0. The summed E-state index contributed by atoms with van der Waals surface area (Å²) in [7, 11) is -3.81. The maximum Gasteiger partial charge on any atom is 0.279 e. The molecule has 0 N–H and O–H groups in total. The molecule has 0 aliphatic heterocycles.